The molecule has 1 aromatic carbocycles. The first-order valence-corrected chi connectivity index (χ1v) is 9.47. The summed E-state index contributed by atoms with van der Waals surface area (Å²) in [6.45, 7) is 5.35. The lowest BCUT2D eigenvalue weighted by Gasteiger charge is -2.12. The SMILES string of the molecule is Cc1ccc(-n2nnc(C(=O)NCC3CCCO3)c2-c2ccncc2)cc1C. The maximum atomic E-state index is 12.9. The summed E-state index contributed by atoms with van der Waals surface area (Å²) in [6, 6.07) is 9.78. The number of amides is 1. The van der Waals surface area contributed by atoms with Gasteiger partial charge in [0.2, 0.25) is 0 Å². The van der Waals surface area contributed by atoms with E-state index in [1.807, 2.05) is 30.3 Å². The number of benzene rings is 1. The number of nitrogens with one attached hydrogen (secondary N) is 1. The highest BCUT2D eigenvalue weighted by Crippen LogP contribution is 2.26. The number of hydrogen-bond acceptors (Lipinski definition) is 5. The van der Waals surface area contributed by atoms with E-state index in [1.54, 1.807) is 17.1 Å². The van der Waals surface area contributed by atoms with Crippen LogP contribution in [0.25, 0.3) is 16.9 Å². The van der Waals surface area contributed by atoms with Gasteiger partial charge in [-0.2, -0.15) is 0 Å². The molecule has 1 atom stereocenters. The molecule has 1 amide bonds. The second kappa shape index (κ2) is 7.90. The van der Waals surface area contributed by atoms with Crippen molar-refractivity contribution in [1.82, 2.24) is 25.3 Å². The van der Waals surface area contributed by atoms with Gasteiger partial charge in [-0.3, -0.25) is 9.78 Å². The summed E-state index contributed by atoms with van der Waals surface area (Å²) in [5.41, 5.74) is 4.99. The Hall–Kier alpha value is -3.06. The zero-order valence-corrected chi connectivity index (χ0v) is 16.1. The van der Waals surface area contributed by atoms with Crippen LogP contribution < -0.4 is 5.32 Å². The molecule has 0 radical (unpaired) electrons. The van der Waals surface area contributed by atoms with Crippen LogP contribution in [0.2, 0.25) is 0 Å². The van der Waals surface area contributed by atoms with Crippen molar-refractivity contribution in [3.63, 3.8) is 0 Å². The first-order valence-electron chi connectivity index (χ1n) is 9.47. The Morgan fingerprint density at radius 3 is 2.75 bits per heavy atom. The average molecular weight is 377 g/mol. The number of carbonyl (C=O) groups excluding carboxylic acids is 1. The number of hydrogen-bond donors (Lipinski definition) is 1. The van der Waals surface area contributed by atoms with E-state index >= 15 is 0 Å². The Labute approximate surface area is 163 Å². The zero-order chi connectivity index (χ0) is 19.5. The third-order valence-electron chi connectivity index (χ3n) is 5.09. The monoisotopic (exact) mass is 377 g/mol. The molecule has 0 aliphatic carbocycles. The second-order valence-electron chi connectivity index (χ2n) is 7.05. The summed E-state index contributed by atoms with van der Waals surface area (Å²) in [5.74, 6) is -0.252. The van der Waals surface area contributed by atoms with Crippen molar-refractivity contribution in [2.75, 3.05) is 13.2 Å². The van der Waals surface area contributed by atoms with E-state index in [0.717, 1.165) is 36.3 Å². The minimum absolute atomic E-state index is 0.0723. The maximum Gasteiger partial charge on any atom is 0.274 e. The predicted molar refractivity (Wildman–Crippen MR) is 105 cm³/mol. The molecule has 0 spiro atoms. The van der Waals surface area contributed by atoms with Crippen LogP contribution in [0.1, 0.15) is 34.5 Å². The topological polar surface area (TPSA) is 81.9 Å². The van der Waals surface area contributed by atoms with E-state index in [2.05, 4.69) is 34.5 Å². The molecule has 1 unspecified atom stereocenters. The van der Waals surface area contributed by atoms with Gasteiger partial charge in [0.1, 0.15) is 5.69 Å². The maximum absolute atomic E-state index is 12.9. The number of pyridine rings is 1. The fraction of sp³-hybridized carbons (Fsp3) is 0.333. The van der Waals surface area contributed by atoms with Crippen molar-refractivity contribution in [2.45, 2.75) is 32.8 Å². The Balaban J connectivity index is 1.71. The van der Waals surface area contributed by atoms with Gasteiger partial charge in [0.15, 0.2) is 5.69 Å². The number of nitrogens with zero attached hydrogens (tertiary/aromatic N) is 4. The van der Waals surface area contributed by atoms with Crippen LogP contribution in [0.4, 0.5) is 0 Å². The summed E-state index contributed by atoms with van der Waals surface area (Å²) >= 11 is 0. The van der Waals surface area contributed by atoms with Crippen molar-refractivity contribution in [1.29, 1.82) is 0 Å². The molecule has 28 heavy (non-hydrogen) atoms. The lowest BCUT2D eigenvalue weighted by atomic mass is 10.1. The number of ether oxygens (including phenoxy) is 1. The van der Waals surface area contributed by atoms with Crippen LogP contribution in [0.15, 0.2) is 42.7 Å². The first-order chi connectivity index (χ1) is 13.6. The van der Waals surface area contributed by atoms with Crippen molar-refractivity contribution < 1.29 is 9.53 Å². The number of rotatable bonds is 5. The predicted octanol–water partition coefficient (Wildman–Crippen LogP) is 2.85. The molecule has 1 N–H and O–H groups in total. The van der Waals surface area contributed by atoms with Crippen molar-refractivity contribution in [2.24, 2.45) is 0 Å². The quantitative estimate of drug-likeness (QED) is 0.739. The molecule has 1 saturated heterocycles. The molecule has 144 valence electrons. The van der Waals surface area contributed by atoms with Gasteiger partial charge in [-0.25, -0.2) is 4.68 Å². The minimum atomic E-state index is -0.252. The van der Waals surface area contributed by atoms with Gasteiger partial charge in [0.05, 0.1) is 11.8 Å². The van der Waals surface area contributed by atoms with Gasteiger partial charge in [-0.15, -0.1) is 5.10 Å². The summed E-state index contributed by atoms with van der Waals surface area (Å²) in [7, 11) is 0. The zero-order valence-electron chi connectivity index (χ0n) is 16.1. The number of carbonyl (C=O) groups is 1. The highest BCUT2D eigenvalue weighted by Gasteiger charge is 2.24. The second-order valence-corrected chi connectivity index (χ2v) is 7.05. The highest BCUT2D eigenvalue weighted by atomic mass is 16.5. The number of aryl methyl sites for hydroxylation is 2. The standard InChI is InChI=1S/C21H23N5O2/c1-14-5-6-17(12-15(14)2)26-20(16-7-9-22-10-8-16)19(24-25-26)21(27)23-13-18-4-3-11-28-18/h5-10,12,18H,3-4,11,13H2,1-2H3,(H,23,27). The van der Waals surface area contributed by atoms with E-state index in [0.29, 0.717) is 17.9 Å². The van der Waals surface area contributed by atoms with E-state index in [1.165, 1.54) is 5.56 Å². The largest absolute Gasteiger partial charge is 0.376 e. The Kier molecular flexibility index (Phi) is 5.16. The molecule has 7 nitrogen and oxygen atoms in total. The summed E-state index contributed by atoms with van der Waals surface area (Å²) in [5, 5.41) is 11.4. The van der Waals surface area contributed by atoms with Crippen LogP contribution in [-0.2, 0) is 4.74 Å². The van der Waals surface area contributed by atoms with E-state index in [-0.39, 0.29) is 12.0 Å². The summed E-state index contributed by atoms with van der Waals surface area (Å²) in [6.07, 6.45) is 5.46. The fourth-order valence-electron chi connectivity index (χ4n) is 3.34. The molecule has 3 aromatic rings. The van der Waals surface area contributed by atoms with Crippen molar-refractivity contribution >= 4 is 5.91 Å². The molecule has 3 heterocycles. The van der Waals surface area contributed by atoms with Crippen LogP contribution >= 0.6 is 0 Å². The first kappa shape index (κ1) is 18.3. The van der Waals surface area contributed by atoms with Gasteiger partial charge in [0.25, 0.3) is 5.91 Å². The molecule has 7 heteroatoms. The Morgan fingerprint density at radius 2 is 2.04 bits per heavy atom. The smallest absolute Gasteiger partial charge is 0.274 e. The highest BCUT2D eigenvalue weighted by molar-refractivity contribution is 5.98. The van der Waals surface area contributed by atoms with Crippen molar-refractivity contribution in [3.8, 4) is 16.9 Å². The van der Waals surface area contributed by atoms with Gasteiger partial charge in [0, 0.05) is 31.1 Å². The molecule has 1 aliphatic rings. The van der Waals surface area contributed by atoms with Gasteiger partial charge < -0.3 is 10.1 Å². The summed E-state index contributed by atoms with van der Waals surface area (Å²) < 4.78 is 7.30. The van der Waals surface area contributed by atoms with Gasteiger partial charge in [-0.1, -0.05) is 11.3 Å². The van der Waals surface area contributed by atoms with Crippen LogP contribution in [0.3, 0.4) is 0 Å². The third-order valence-corrected chi connectivity index (χ3v) is 5.09. The molecule has 0 bridgehead atoms. The molecule has 1 fully saturated rings. The normalized spacial score (nSPS) is 16.3. The Bertz CT molecular complexity index is 978. The molecular weight excluding hydrogens is 354 g/mol. The Morgan fingerprint density at radius 1 is 1.21 bits per heavy atom. The van der Waals surface area contributed by atoms with Crippen molar-refractivity contribution in [3.05, 3.63) is 59.5 Å². The third kappa shape index (κ3) is 3.66. The average Bonchev–Trinajstić information content (AvgIpc) is 3.39. The van der Waals surface area contributed by atoms with Gasteiger partial charge >= 0.3 is 0 Å². The molecule has 2 aromatic heterocycles. The lowest BCUT2D eigenvalue weighted by molar-refractivity contribution is 0.0854. The van der Waals surface area contributed by atoms with Crippen LogP contribution in [0, 0.1) is 13.8 Å². The summed E-state index contributed by atoms with van der Waals surface area (Å²) in [4.78, 5) is 16.9. The van der Waals surface area contributed by atoms with Crippen LogP contribution in [-0.4, -0.2) is 45.1 Å². The molecule has 4 rings (SSSR count). The van der Waals surface area contributed by atoms with E-state index in [9.17, 15) is 4.79 Å². The number of aromatic nitrogens is 4. The molecule has 0 saturated carbocycles. The van der Waals surface area contributed by atoms with E-state index < -0.39 is 0 Å². The molecular formula is C21H23N5O2. The minimum Gasteiger partial charge on any atom is -0.376 e. The lowest BCUT2D eigenvalue weighted by Crippen LogP contribution is -2.32. The van der Waals surface area contributed by atoms with E-state index in [4.69, 9.17) is 4.74 Å². The fourth-order valence-corrected chi connectivity index (χ4v) is 3.34. The van der Waals surface area contributed by atoms with Crippen LogP contribution in [0.5, 0.6) is 0 Å². The molecule has 1 aliphatic heterocycles. The van der Waals surface area contributed by atoms with Gasteiger partial charge in [-0.05, 0) is 62.1 Å².